The molecule has 1 rings (SSSR count). The van der Waals surface area contributed by atoms with Crippen molar-refractivity contribution in [2.45, 2.75) is 6.61 Å². The third-order valence-electron chi connectivity index (χ3n) is 3.09. The molecule has 6 heteroatoms. The Hall–Kier alpha value is -1.98. The van der Waals surface area contributed by atoms with E-state index in [0.29, 0.717) is 0 Å². The normalized spacial score (nSPS) is 12.1. The number of benzene rings is 1. The SMILES string of the molecule is CNC(=CC(=O)OCc1ccccc1)C(CF)(CF)CF. The van der Waals surface area contributed by atoms with Gasteiger partial charge < -0.3 is 10.1 Å². The lowest BCUT2D eigenvalue weighted by Crippen LogP contribution is -2.37. The van der Waals surface area contributed by atoms with Gasteiger partial charge in [0, 0.05) is 18.8 Å². The summed E-state index contributed by atoms with van der Waals surface area (Å²) in [6.45, 7) is -3.73. The molecule has 3 nitrogen and oxygen atoms in total. The molecule has 1 aromatic rings. The van der Waals surface area contributed by atoms with Crippen molar-refractivity contribution in [3.05, 3.63) is 47.7 Å². The minimum atomic E-state index is -1.97. The van der Waals surface area contributed by atoms with Crippen LogP contribution in [0.1, 0.15) is 5.56 Å². The average molecular weight is 301 g/mol. The number of allylic oxidation sites excluding steroid dienone is 1. The van der Waals surface area contributed by atoms with Crippen molar-refractivity contribution in [2.24, 2.45) is 5.41 Å². The predicted octanol–water partition coefficient (Wildman–Crippen LogP) is 2.73. The Labute approximate surface area is 121 Å². The number of carbonyl (C=O) groups excluding carboxylic acids is 1. The van der Waals surface area contributed by atoms with E-state index in [1.54, 1.807) is 24.3 Å². The van der Waals surface area contributed by atoms with Gasteiger partial charge in [-0.3, -0.25) is 0 Å². The predicted molar refractivity (Wildman–Crippen MR) is 73.7 cm³/mol. The van der Waals surface area contributed by atoms with Crippen molar-refractivity contribution in [2.75, 3.05) is 27.1 Å². The largest absolute Gasteiger partial charge is 0.458 e. The molecule has 0 bridgehead atoms. The molecule has 0 heterocycles. The molecule has 1 N–H and O–H groups in total. The second-order valence-electron chi connectivity index (χ2n) is 4.58. The Morgan fingerprint density at radius 1 is 1.19 bits per heavy atom. The van der Waals surface area contributed by atoms with Crippen LogP contribution in [0.3, 0.4) is 0 Å². The monoisotopic (exact) mass is 301 g/mol. The fourth-order valence-corrected chi connectivity index (χ4v) is 1.70. The summed E-state index contributed by atoms with van der Waals surface area (Å²) in [5, 5.41) is 2.47. The Morgan fingerprint density at radius 2 is 1.76 bits per heavy atom. The van der Waals surface area contributed by atoms with E-state index in [2.05, 4.69) is 5.32 Å². The van der Waals surface area contributed by atoms with Gasteiger partial charge in [0.15, 0.2) is 0 Å². The van der Waals surface area contributed by atoms with E-state index < -0.39 is 31.4 Å². The maximum atomic E-state index is 12.9. The number of hydrogen-bond acceptors (Lipinski definition) is 3. The lowest BCUT2D eigenvalue weighted by molar-refractivity contribution is -0.139. The maximum absolute atomic E-state index is 12.9. The van der Waals surface area contributed by atoms with Crippen LogP contribution in [0.5, 0.6) is 0 Å². The first-order chi connectivity index (χ1) is 10.1. The molecule has 0 amide bonds. The van der Waals surface area contributed by atoms with Crippen LogP contribution in [0.25, 0.3) is 0 Å². The lowest BCUT2D eigenvalue weighted by atomic mass is 9.88. The van der Waals surface area contributed by atoms with E-state index in [1.165, 1.54) is 7.05 Å². The van der Waals surface area contributed by atoms with Gasteiger partial charge >= 0.3 is 5.97 Å². The van der Waals surface area contributed by atoms with Crippen molar-refractivity contribution in [1.82, 2.24) is 5.32 Å². The molecular weight excluding hydrogens is 283 g/mol. The minimum absolute atomic E-state index is 0.0288. The molecule has 0 aliphatic carbocycles. The summed E-state index contributed by atoms with van der Waals surface area (Å²) < 4.78 is 43.8. The molecule has 0 aliphatic rings. The highest BCUT2D eigenvalue weighted by Gasteiger charge is 2.35. The standard InChI is InChI=1S/C15H18F3NO2/c1-19-13(15(9-16,10-17)11-18)7-14(20)21-8-12-5-3-2-4-6-12/h2-7,19H,8-11H2,1H3. The van der Waals surface area contributed by atoms with Crippen molar-refractivity contribution < 1.29 is 22.7 Å². The van der Waals surface area contributed by atoms with Gasteiger partial charge in [0.05, 0.1) is 5.41 Å². The molecule has 0 aliphatic heterocycles. The number of alkyl halides is 3. The van der Waals surface area contributed by atoms with Crippen LogP contribution >= 0.6 is 0 Å². The van der Waals surface area contributed by atoms with E-state index in [4.69, 9.17) is 4.74 Å². The summed E-state index contributed by atoms with van der Waals surface area (Å²) >= 11 is 0. The van der Waals surface area contributed by atoms with Crippen LogP contribution < -0.4 is 5.32 Å². The third-order valence-corrected chi connectivity index (χ3v) is 3.09. The number of esters is 1. The first kappa shape index (κ1) is 17.1. The van der Waals surface area contributed by atoms with Crippen LogP contribution in [0.2, 0.25) is 0 Å². The van der Waals surface area contributed by atoms with Gasteiger partial charge in [-0.25, -0.2) is 18.0 Å². The van der Waals surface area contributed by atoms with Gasteiger partial charge in [0.25, 0.3) is 0 Å². The molecule has 0 spiro atoms. The number of carbonyl (C=O) groups is 1. The third kappa shape index (κ3) is 4.51. The van der Waals surface area contributed by atoms with Gasteiger partial charge in [-0.05, 0) is 5.56 Å². The fourth-order valence-electron chi connectivity index (χ4n) is 1.70. The van der Waals surface area contributed by atoms with E-state index in [9.17, 15) is 18.0 Å². The molecule has 0 saturated carbocycles. The van der Waals surface area contributed by atoms with Crippen molar-refractivity contribution in [3.63, 3.8) is 0 Å². The molecule has 0 saturated heterocycles. The van der Waals surface area contributed by atoms with Crippen LogP contribution in [0.15, 0.2) is 42.1 Å². The van der Waals surface area contributed by atoms with Crippen LogP contribution in [0, 0.1) is 5.41 Å². The first-order valence-electron chi connectivity index (χ1n) is 6.40. The van der Waals surface area contributed by atoms with Gasteiger partial charge in [-0.1, -0.05) is 30.3 Å². The molecule has 0 aromatic heterocycles. The number of hydrogen-bond donors (Lipinski definition) is 1. The van der Waals surface area contributed by atoms with E-state index in [0.717, 1.165) is 11.6 Å². The van der Waals surface area contributed by atoms with Crippen molar-refractivity contribution in [3.8, 4) is 0 Å². The Morgan fingerprint density at radius 3 is 2.24 bits per heavy atom. The smallest absolute Gasteiger partial charge is 0.332 e. The average Bonchev–Trinajstić information content (AvgIpc) is 2.54. The van der Waals surface area contributed by atoms with E-state index in [1.807, 2.05) is 6.07 Å². The molecular formula is C15H18F3NO2. The molecule has 0 atom stereocenters. The molecule has 0 fully saturated rings. The summed E-state index contributed by atoms with van der Waals surface area (Å²) in [5.74, 6) is -0.789. The fraction of sp³-hybridized carbons (Fsp3) is 0.400. The highest BCUT2D eigenvalue weighted by Crippen LogP contribution is 2.28. The van der Waals surface area contributed by atoms with E-state index in [-0.39, 0.29) is 12.3 Å². The zero-order chi connectivity index (χ0) is 15.7. The van der Waals surface area contributed by atoms with Gasteiger partial charge in [-0.2, -0.15) is 0 Å². The maximum Gasteiger partial charge on any atom is 0.332 e. The molecule has 0 radical (unpaired) electrons. The van der Waals surface area contributed by atoms with E-state index >= 15 is 0 Å². The van der Waals surface area contributed by atoms with Crippen LogP contribution in [-0.2, 0) is 16.1 Å². The second-order valence-corrected chi connectivity index (χ2v) is 4.58. The highest BCUT2D eigenvalue weighted by molar-refractivity contribution is 5.83. The molecule has 1 aromatic carbocycles. The Bertz CT molecular complexity index is 465. The Kier molecular flexibility index (Phi) is 6.78. The number of nitrogens with one attached hydrogen (secondary N) is 1. The summed E-state index contributed by atoms with van der Waals surface area (Å²) in [4.78, 5) is 11.7. The van der Waals surface area contributed by atoms with Gasteiger partial charge in [0.1, 0.15) is 26.6 Å². The van der Waals surface area contributed by atoms with Crippen molar-refractivity contribution >= 4 is 5.97 Å². The topological polar surface area (TPSA) is 38.3 Å². The Balaban J connectivity index is 2.75. The first-order valence-corrected chi connectivity index (χ1v) is 6.40. The van der Waals surface area contributed by atoms with Gasteiger partial charge in [-0.15, -0.1) is 0 Å². The summed E-state index contributed by atoms with van der Waals surface area (Å²) in [5.41, 5.74) is -1.35. The lowest BCUT2D eigenvalue weighted by Gasteiger charge is -2.27. The summed E-state index contributed by atoms with van der Waals surface area (Å²) in [7, 11) is 1.37. The van der Waals surface area contributed by atoms with Gasteiger partial charge in [0.2, 0.25) is 0 Å². The summed E-state index contributed by atoms with van der Waals surface area (Å²) in [6, 6.07) is 8.94. The molecule has 116 valence electrons. The molecule has 21 heavy (non-hydrogen) atoms. The van der Waals surface area contributed by atoms with Crippen LogP contribution in [0.4, 0.5) is 13.2 Å². The zero-order valence-electron chi connectivity index (χ0n) is 11.7. The molecule has 0 unspecified atom stereocenters. The number of rotatable bonds is 8. The number of ether oxygens (including phenoxy) is 1. The van der Waals surface area contributed by atoms with Crippen molar-refractivity contribution in [1.29, 1.82) is 0 Å². The second kappa shape index (κ2) is 8.34. The quantitative estimate of drug-likeness (QED) is 0.593. The minimum Gasteiger partial charge on any atom is -0.458 e. The zero-order valence-corrected chi connectivity index (χ0v) is 11.7. The van der Waals surface area contributed by atoms with Crippen LogP contribution in [-0.4, -0.2) is 33.0 Å². The highest BCUT2D eigenvalue weighted by atomic mass is 19.1. The number of halogens is 3. The summed E-state index contributed by atoms with van der Waals surface area (Å²) in [6.07, 6.45) is 0.891.